The van der Waals surface area contributed by atoms with Gasteiger partial charge in [-0.2, -0.15) is 0 Å². The van der Waals surface area contributed by atoms with E-state index in [2.05, 4.69) is 10.1 Å². The topological polar surface area (TPSA) is 91.3 Å². The summed E-state index contributed by atoms with van der Waals surface area (Å²) < 4.78 is 37.9. The highest BCUT2D eigenvalue weighted by Gasteiger charge is 2.30. The fourth-order valence-corrected chi connectivity index (χ4v) is 5.25. The fourth-order valence-electron chi connectivity index (χ4n) is 4.55. The highest BCUT2D eigenvalue weighted by molar-refractivity contribution is 7.18. The van der Waals surface area contributed by atoms with E-state index in [1.54, 1.807) is 42.0 Å². The molecule has 2 aromatic carbocycles. The molecule has 0 unspecified atom stereocenters. The van der Waals surface area contributed by atoms with E-state index in [0.717, 1.165) is 18.2 Å². The smallest absolute Gasteiger partial charge is 0.294 e. The molecule has 6 rings (SSSR count). The molecule has 0 saturated carbocycles. The third-order valence-corrected chi connectivity index (χ3v) is 7.30. The van der Waals surface area contributed by atoms with Gasteiger partial charge in [-0.3, -0.25) is 4.79 Å². The maximum absolute atomic E-state index is 13.3. The summed E-state index contributed by atoms with van der Waals surface area (Å²) in [5.74, 6) is 1.25. The Balaban J connectivity index is 1.25. The van der Waals surface area contributed by atoms with Gasteiger partial charge in [0.1, 0.15) is 35.2 Å². The van der Waals surface area contributed by atoms with Crippen molar-refractivity contribution >= 4 is 33.2 Å². The normalized spacial score (nSPS) is 15.5. The molecule has 1 amide bonds. The average Bonchev–Trinajstić information content (AvgIpc) is 3.69. The summed E-state index contributed by atoms with van der Waals surface area (Å²) in [6, 6.07) is 11.0. The lowest BCUT2D eigenvalue weighted by Gasteiger charge is -2.25. The van der Waals surface area contributed by atoms with Gasteiger partial charge in [0, 0.05) is 24.2 Å². The molecule has 4 heterocycles. The number of imidazole rings is 1. The second kappa shape index (κ2) is 9.40. The highest BCUT2D eigenvalue weighted by Crippen LogP contribution is 2.37. The van der Waals surface area contributed by atoms with E-state index in [0.29, 0.717) is 57.4 Å². The number of rotatable bonds is 7. The van der Waals surface area contributed by atoms with Crippen LogP contribution in [0.15, 0.2) is 53.1 Å². The number of likely N-dealkylation sites (tertiary alicyclic amines) is 1. The van der Waals surface area contributed by atoms with Crippen molar-refractivity contribution in [3.63, 3.8) is 0 Å². The molecular formula is C26H23FN4O5S. The van der Waals surface area contributed by atoms with Crippen LogP contribution in [0.5, 0.6) is 16.7 Å². The first kappa shape index (κ1) is 23.3. The Morgan fingerprint density at radius 3 is 2.78 bits per heavy atom. The summed E-state index contributed by atoms with van der Waals surface area (Å²) >= 11 is 1.33. The van der Waals surface area contributed by atoms with Crippen molar-refractivity contribution in [2.24, 2.45) is 0 Å². The molecule has 0 radical (unpaired) electrons. The van der Waals surface area contributed by atoms with Crippen LogP contribution in [0, 0.1) is 5.82 Å². The van der Waals surface area contributed by atoms with E-state index < -0.39 is 0 Å². The first-order chi connectivity index (χ1) is 18.0. The van der Waals surface area contributed by atoms with Crippen LogP contribution in [0.3, 0.4) is 0 Å². The van der Waals surface area contributed by atoms with E-state index in [4.69, 9.17) is 18.6 Å². The average molecular weight is 523 g/mol. The van der Waals surface area contributed by atoms with Gasteiger partial charge in [-0.15, -0.1) is 5.10 Å². The lowest BCUT2D eigenvalue weighted by molar-refractivity contribution is 0.0692. The third kappa shape index (κ3) is 4.35. The van der Waals surface area contributed by atoms with Crippen LogP contribution < -0.4 is 14.2 Å². The van der Waals surface area contributed by atoms with Gasteiger partial charge in [-0.1, -0.05) is 0 Å². The number of nitrogens with zero attached hydrogens (tertiary/aromatic N) is 4. The maximum Gasteiger partial charge on any atom is 0.294 e. The molecule has 190 valence electrons. The standard InChI is InChI=1S/C26H23FN4O5S/c1-33-18-10-21(35-14-17-4-3-9-30(17)24(32)15-5-7-16(27)8-6-15)19-12-23(36-22(19)11-18)20-13-31-25(28-20)37-26(29-31)34-2/h5-8,10-13,17H,3-4,9,14H2,1-2H3/t17-/m1/s1. The second-order valence-electron chi connectivity index (χ2n) is 8.69. The zero-order valence-corrected chi connectivity index (χ0v) is 21.0. The molecule has 1 aliphatic heterocycles. The Labute approximate surface area is 215 Å². The van der Waals surface area contributed by atoms with Gasteiger partial charge in [0.2, 0.25) is 4.96 Å². The summed E-state index contributed by atoms with van der Waals surface area (Å²) in [5.41, 5.74) is 1.69. The van der Waals surface area contributed by atoms with Gasteiger partial charge in [-0.25, -0.2) is 13.9 Å². The number of ether oxygens (including phenoxy) is 3. The summed E-state index contributed by atoms with van der Waals surface area (Å²) in [5, 5.41) is 5.61. The zero-order chi connectivity index (χ0) is 25.5. The molecule has 1 atom stereocenters. The first-order valence-corrected chi connectivity index (χ1v) is 12.6. The molecule has 37 heavy (non-hydrogen) atoms. The van der Waals surface area contributed by atoms with E-state index in [-0.39, 0.29) is 17.8 Å². The van der Waals surface area contributed by atoms with Crippen LogP contribution in [0.1, 0.15) is 23.2 Å². The van der Waals surface area contributed by atoms with Crippen molar-refractivity contribution in [1.29, 1.82) is 0 Å². The lowest BCUT2D eigenvalue weighted by Crippen LogP contribution is -2.39. The lowest BCUT2D eigenvalue weighted by atomic mass is 10.1. The summed E-state index contributed by atoms with van der Waals surface area (Å²) in [6.07, 6.45) is 3.47. The van der Waals surface area contributed by atoms with E-state index in [1.807, 2.05) is 6.07 Å². The van der Waals surface area contributed by atoms with Gasteiger partial charge < -0.3 is 23.5 Å². The highest BCUT2D eigenvalue weighted by atomic mass is 32.1. The molecule has 0 aliphatic carbocycles. The molecular weight excluding hydrogens is 499 g/mol. The van der Waals surface area contributed by atoms with Crippen LogP contribution in [-0.2, 0) is 0 Å². The third-order valence-electron chi connectivity index (χ3n) is 6.42. The molecule has 9 nitrogen and oxygen atoms in total. The van der Waals surface area contributed by atoms with Crippen molar-refractivity contribution < 1.29 is 27.8 Å². The molecule has 0 bridgehead atoms. The van der Waals surface area contributed by atoms with Gasteiger partial charge in [0.05, 0.1) is 31.8 Å². The number of fused-ring (bicyclic) bond motifs is 2. The monoisotopic (exact) mass is 522 g/mol. The number of hydrogen-bond donors (Lipinski definition) is 0. The molecule has 0 N–H and O–H groups in total. The predicted molar refractivity (Wildman–Crippen MR) is 135 cm³/mol. The van der Waals surface area contributed by atoms with Crippen molar-refractivity contribution in [3.8, 4) is 28.1 Å². The SMILES string of the molecule is COc1cc(OC[C@H]2CCCN2C(=O)c2ccc(F)cc2)c2cc(-c3cn4nc(OC)sc4n3)oc2c1. The summed E-state index contributed by atoms with van der Waals surface area (Å²) in [6.45, 7) is 0.934. The van der Waals surface area contributed by atoms with E-state index in [1.165, 1.54) is 35.6 Å². The summed E-state index contributed by atoms with van der Waals surface area (Å²) in [4.78, 5) is 20.1. The molecule has 11 heteroatoms. The van der Waals surface area contributed by atoms with Crippen LogP contribution in [0.2, 0.25) is 0 Å². The van der Waals surface area contributed by atoms with Crippen molar-refractivity contribution in [1.82, 2.24) is 19.5 Å². The van der Waals surface area contributed by atoms with Crippen LogP contribution in [0.25, 0.3) is 27.4 Å². The molecule has 1 fully saturated rings. The number of methoxy groups -OCH3 is 2. The van der Waals surface area contributed by atoms with E-state index >= 15 is 0 Å². The largest absolute Gasteiger partial charge is 0.496 e. The van der Waals surface area contributed by atoms with Crippen LogP contribution >= 0.6 is 11.3 Å². The van der Waals surface area contributed by atoms with Gasteiger partial charge in [0.15, 0.2) is 5.76 Å². The predicted octanol–water partition coefficient (Wildman–Crippen LogP) is 5.04. The second-order valence-corrected chi connectivity index (χ2v) is 9.60. The molecule has 3 aromatic heterocycles. The Bertz CT molecular complexity index is 1560. The minimum Gasteiger partial charge on any atom is -0.496 e. The number of aromatic nitrogens is 3. The van der Waals surface area contributed by atoms with Gasteiger partial charge in [-0.05, 0) is 54.5 Å². The Morgan fingerprint density at radius 1 is 1.19 bits per heavy atom. The molecule has 1 aliphatic rings. The number of amides is 1. The van der Waals surface area contributed by atoms with Crippen LogP contribution in [0.4, 0.5) is 4.39 Å². The van der Waals surface area contributed by atoms with Crippen molar-refractivity contribution in [2.45, 2.75) is 18.9 Å². The van der Waals surface area contributed by atoms with Gasteiger partial charge >= 0.3 is 0 Å². The zero-order valence-electron chi connectivity index (χ0n) is 20.1. The van der Waals surface area contributed by atoms with Crippen molar-refractivity contribution in [3.05, 3.63) is 60.0 Å². The van der Waals surface area contributed by atoms with Crippen LogP contribution in [-0.4, -0.2) is 58.8 Å². The number of furan rings is 1. The first-order valence-electron chi connectivity index (χ1n) is 11.7. The number of benzene rings is 2. The summed E-state index contributed by atoms with van der Waals surface area (Å²) in [7, 11) is 3.15. The number of carbonyl (C=O) groups is 1. The molecule has 0 spiro atoms. The fraction of sp³-hybridized carbons (Fsp3) is 0.269. The molecule has 5 aromatic rings. The quantitative estimate of drug-likeness (QED) is 0.296. The number of hydrogen-bond acceptors (Lipinski definition) is 8. The van der Waals surface area contributed by atoms with Gasteiger partial charge in [0.25, 0.3) is 11.1 Å². The number of halogens is 1. The number of carbonyl (C=O) groups excluding carboxylic acids is 1. The Kier molecular flexibility index (Phi) is 5.91. The maximum atomic E-state index is 13.3. The van der Waals surface area contributed by atoms with E-state index in [9.17, 15) is 9.18 Å². The Morgan fingerprint density at radius 2 is 2.03 bits per heavy atom. The minimum absolute atomic E-state index is 0.105. The minimum atomic E-state index is -0.370. The van der Waals surface area contributed by atoms with Crippen molar-refractivity contribution in [2.75, 3.05) is 27.4 Å². The Hall–Kier alpha value is -4.12. The molecule has 1 saturated heterocycles.